The minimum Gasteiger partial charge on any atom is -0.426 e. The first-order chi connectivity index (χ1) is 5.41. The Morgan fingerprint density at radius 1 is 1.36 bits per heavy atom. The van der Waals surface area contributed by atoms with Crippen LogP contribution in [0.3, 0.4) is 0 Å². The van der Waals surface area contributed by atoms with Crippen LogP contribution < -0.4 is 0 Å². The average molecular weight is 155 g/mol. The van der Waals surface area contributed by atoms with Crippen molar-refractivity contribution in [2.45, 2.75) is 39.0 Å². The zero-order valence-corrected chi connectivity index (χ0v) is 7.01. The summed E-state index contributed by atoms with van der Waals surface area (Å²) < 4.78 is 4.25. The largest absolute Gasteiger partial charge is 0.426 e. The quantitative estimate of drug-likeness (QED) is 0.417. The maximum absolute atomic E-state index is 9.54. The van der Waals surface area contributed by atoms with Gasteiger partial charge in [0, 0.05) is 0 Å². The van der Waals surface area contributed by atoms with Crippen LogP contribution in [0.2, 0.25) is 0 Å². The molecule has 0 saturated heterocycles. The van der Waals surface area contributed by atoms with E-state index in [4.69, 9.17) is 0 Å². The molecule has 0 fully saturated rings. The lowest BCUT2D eigenvalue weighted by atomic mass is 10.2. The first-order valence-corrected chi connectivity index (χ1v) is 4.09. The highest BCUT2D eigenvalue weighted by atomic mass is 16.5. The first-order valence-electron chi connectivity index (χ1n) is 4.09. The maximum Gasteiger partial charge on any atom is 0.422 e. The molecule has 0 saturated carbocycles. The van der Waals surface area contributed by atoms with E-state index in [9.17, 15) is 4.79 Å². The molecular weight excluding hydrogens is 140 g/mol. The van der Waals surface area contributed by atoms with Crippen molar-refractivity contribution in [3.05, 3.63) is 12.3 Å². The molecule has 0 N–H and O–H groups in total. The van der Waals surface area contributed by atoms with Gasteiger partial charge in [0.15, 0.2) is 0 Å². The second-order valence-corrected chi connectivity index (χ2v) is 2.42. The molecule has 1 radical (unpaired) electrons. The summed E-state index contributed by atoms with van der Waals surface area (Å²) in [7, 11) is 0. The zero-order valence-electron chi connectivity index (χ0n) is 7.01. The van der Waals surface area contributed by atoms with Crippen LogP contribution in [-0.4, -0.2) is 6.47 Å². The van der Waals surface area contributed by atoms with E-state index in [-0.39, 0.29) is 0 Å². The summed E-state index contributed by atoms with van der Waals surface area (Å²) in [6, 6.07) is 0. The molecule has 11 heavy (non-hydrogen) atoms. The highest BCUT2D eigenvalue weighted by Gasteiger charge is 1.83. The van der Waals surface area contributed by atoms with Gasteiger partial charge in [0.05, 0.1) is 6.26 Å². The van der Waals surface area contributed by atoms with Gasteiger partial charge in [-0.1, -0.05) is 26.2 Å². The predicted molar refractivity (Wildman–Crippen MR) is 44.7 cm³/mol. The number of rotatable bonds is 7. The van der Waals surface area contributed by atoms with E-state index in [1.807, 2.05) is 6.08 Å². The number of ether oxygens (including phenoxy) is 1. The molecule has 0 aliphatic rings. The lowest BCUT2D eigenvalue weighted by Gasteiger charge is -1.92. The van der Waals surface area contributed by atoms with E-state index in [1.54, 1.807) is 0 Å². The average Bonchev–Trinajstić information content (AvgIpc) is 2.03. The highest BCUT2D eigenvalue weighted by Crippen LogP contribution is 2.02. The smallest absolute Gasteiger partial charge is 0.422 e. The summed E-state index contributed by atoms with van der Waals surface area (Å²) in [6.45, 7) is 3.51. The molecule has 0 aliphatic heterocycles. The number of carbonyl (C=O) groups excluding carboxylic acids is 1. The van der Waals surface area contributed by atoms with Gasteiger partial charge in [0.1, 0.15) is 0 Å². The van der Waals surface area contributed by atoms with Crippen molar-refractivity contribution >= 4 is 6.47 Å². The molecule has 0 rings (SSSR count). The molecule has 0 spiro atoms. The van der Waals surface area contributed by atoms with Crippen molar-refractivity contribution in [3.63, 3.8) is 0 Å². The molecule has 0 unspecified atom stereocenters. The number of hydrogen-bond donors (Lipinski definition) is 0. The van der Waals surface area contributed by atoms with Gasteiger partial charge in [0.25, 0.3) is 0 Å². The Bertz CT molecular complexity index is 108. The molecule has 2 heteroatoms. The minimum absolute atomic E-state index is 0.988. The standard InChI is InChI=1S/C9H15O2/c1-2-3-4-5-6-7-8-11-9-10/h7-8H,2-6H2,1H3/b8-7+. The van der Waals surface area contributed by atoms with Crippen molar-refractivity contribution in [1.82, 2.24) is 0 Å². The van der Waals surface area contributed by atoms with Crippen LogP contribution in [0.4, 0.5) is 0 Å². The molecule has 0 atom stereocenters. The Morgan fingerprint density at radius 2 is 2.18 bits per heavy atom. The molecule has 0 aromatic carbocycles. The van der Waals surface area contributed by atoms with Crippen LogP contribution >= 0.6 is 0 Å². The number of allylic oxidation sites excluding steroid dienone is 1. The topological polar surface area (TPSA) is 26.3 Å². The SMILES string of the molecule is CCCCCC/C=C/O[C]=O. The zero-order chi connectivity index (χ0) is 8.36. The molecule has 0 aromatic heterocycles. The molecule has 2 nitrogen and oxygen atoms in total. The van der Waals surface area contributed by atoms with Gasteiger partial charge in [-0.05, 0) is 18.9 Å². The predicted octanol–water partition coefficient (Wildman–Crippen LogP) is 2.55. The van der Waals surface area contributed by atoms with Crippen LogP contribution in [0, 0.1) is 0 Å². The summed E-state index contributed by atoms with van der Waals surface area (Å²) in [5, 5.41) is 0. The van der Waals surface area contributed by atoms with Gasteiger partial charge in [-0.15, -0.1) is 0 Å². The van der Waals surface area contributed by atoms with Gasteiger partial charge in [0.2, 0.25) is 0 Å². The van der Waals surface area contributed by atoms with Crippen molar-refractivity contribution < 1.29 is 9.53 Å². The lowest BCUT2D eigenvalue weighted by molar-refractivity contribution is 0.396. The molecule has 0 aromatic rings. The Balaban J connectivity index is 2.94. The minimum atomic E-state index is 0.988. The van der Waals surface area contributed by atoms with E-state index in [1.165, 1.54) is 38.4 Å². The summed E-state index contributed by atoms with van der Waals surface area (Å²) in [5.41, 5.74) is 0. The summed E-state index contributed by atoms with van der Waals surface area (Å²) in [6.07, 6.45) is 9.19. The van der Waals surface area contributed by atoms with Crippen LogP contribution in [0.1, 0.15) is 39.0 Å². The first kappa shape index (κ1) is 10.2. The van der Waals surface area contributed by atoms with E-state index >= 15 is 0 Å². The fraction of sp³-hybridized carbons (Fsp3) is 0.667. The van der Waals surface area contributed by atoms with E-state index in [2.05, 4.69) is 11.7 Å². The van der Waals surface area contributed by atoms with Gasteiger partial charge in [-0.3, -0.25) is 0 Å². The van der Waals surface area contributed by atoms with Gasteiger partial charge < -0.3 is 4.74 Å². The van der Waals surface area contributed by atoms with Crippen molar-refractivity contribution in [2.75, 3.05) is 0 Å². The number of hydrogen-bond acceptors (Lipinski definition) is 2. The van der Waals surface area contributed by atoms with E-state index < -0.39 is 0 Å². The second kappa shape index (κ2) is 9.21. The molecule has 63 valence electrons. The van der Waals surface area contributed by atoms with Crippen LogP contribution in [-0.2, 0) is 9.53 Å². The third kappa shape index (κ3) is 9.21. The highest BCUT2D eigenvalue weighted by molar-refractivity contribution is 5.39. The third-order valence-electron chi connectivity index (χ3n) is 1.44. The Labute approximate surface area is 68.2 Å². The van der Waals surface area contributed by atoms with Crippen molar-refractivity contribution in [1.29, 1.82) is 0 Å². The Kier molecular flexibility index (Phi) is 8.55. The lowest BCUT2D eigenvalue weighted by Crippen LogP contribution is -1.75. The normalized spacial score (nSPS) is 10.3. The summed E-state index contributed by atoms with van der Waals surface area (Å²) >= 11 is 0. The third-order valence-corrected chi connectivity index (χ3v) is 1.44. The van der Waals surface area contributed by atoms with Crippen molar-refractivity contribution in [2.24, 2.45) is 0 Å². The van der Waals surface area contributed by atoms with E-state index in [0.717, 1.165) is 6.42 Å². The van der Waals surface area contributed by atoms with Crippen LogP contribution in [0.5, 0.6) is 0 Å². The van der Waals surface area contributed by atoms with E-state index in [0.29, 0.717) is 0 Å². The van der Waals surface area contributed by atoms with Gasteiger partial charge in [-0.25, -0.2) is 4.79 Å². The van der Waals surface area contributed by atoms with Gasteiger partial charge in [-0.2, -0.15) is 0 Å². The molecule has 0 amide bonds. The summed E-state index contributed by atoms with van der Waals surface area (Å²) in [4.78, 5) is 9.54. The Hall–Kier alpha value is -0.790. The van der Waals surface area contributed by atoms with Crippen molar-refractivity contribution in [3.8, 4) is 0 Å². The summed E-state index contributed by atoms with van der Waals surface area (Å²) in [5.74, 6) is 0. The molecule has 0 aliphatic carbocycles. The monoisotopic (exact) mass is 155 g/mol. The maximum atomic E-state index is 9.54. The molecule has 0 heterocycles. The molecule has 0 bridgehead atoms. The number of unbranched alkanes of at least 4 members (excludes halogenated alkanes) is 4. The second-order valence-electron chi connectivity index (χ2n) is 2.42. The fourth-order valence-electron chi connectivity index (χ4n) is 0.833. The Morgan fingerprint density at radius 3 is 2.82 bits per heavy atom. The fourth-order valence-corrected chi connectivity index (χ4v) is 0.833. The van der Waals surface area contributed by atoms with Crippen LogP contribution in [0.25, 0.3) is 0 Å². The van der Waals surface area contributed by atoms with Crippen LogP contribution in [0.15, 0.2) is 12.3 Å². The molecular formula is C9H15O2. The van der Waals surface area contributed by atoms with Gasteiger partial charge >= 0.3 is 6.47 Å².